The Bertz CT molecular complexity index is 761. The summed E-state index contributed by atoms with van der Waals surface area (Å²) in [5, 5.41) is 20.2. The first-order chi connectivity index (χ1) is 12.6. The second kappa shape index (κ2) is 8.07. The zero-order chi connectivity index (χ0) is 18.5. The molecule has 1 fully saturated rings. The van der Waals surface area contributed by atoms with Crippen molar-refractivity contribution in [2.45, 2.75) is 31.2 Å². The molecule has 7 nitrogen and oxygen atoms in total. The molecule has 26 heavy (non-hydrogen) atoms. The van der Waals surface area contributed by atoms with Crippen molar-refractivity contribution in [1.29, 1.82) is 0 Å². The lowest BCUT2D eigenvalue weighted by Crippen LogP contribution is -2.36. The first-order valence-electron chi connectivity index (χ1n) is 8.33. The molecule has 2 aromatic rings. The van der Waals surface area contributed by atoms with Crippen molar-refractivity contribution in [1.82, 2.24) is 0 Å². The predicted octanol–water partition coefficient (Wildman–Crippen LogP) is 3.03. The molecular weight excluding hydrogens is 338 g/mol. The van der Waals surface area contributed by atoms with E-state index in [0.29, 0.717) is 12.8 Å². The Kier molecular flexibility index (Phi) is 5.60. The van der Waals surface area contributed by atoms with E-state index in [1.54, 1.807) is 0 Å². The fraction of sp³-hybridized carbons (Fsp3) is 0.316. The van der Waals surface area contributed by atoms with Crippen LogP contribution in [-0.2, 0) is 9.47 Å². The van der Waals surface area contributed by atoms with E-state index in [1.165, 1.54) is 24.3 Å². The Balaban J connectivity index is 1.69. The van der Waals surface area contributed by atoms with Crippen molar-refractivity contribution < 1.29 is 24.3 Å². The molecular formula is C19H19NO6. The zero-order valence-electron chi connectivity index (χ0n) is 14.0. The van der Waals surface area contributed by atoms with Crippen LogP contribution in [-0.4, -0.2) is 34.8 Å². The largest absolute Gasteiger partial charge is 0.459 e. The van der Waals surface area contributed by atoms with E-state index in [4.69, 9.17) is 9.47 Å². The molecule has 1 aliphatic rings. The van der Waals surface area contributed by atoms with Crippen LogP contribution in [0.25, 0.3) is 0 Å². The summed E-state index contributed by atoms with van der Waals surface area (Å²) in [4.78, 5) is 22.5. The van der Waals surface area contributed by atoms with E-state index in [0.717, 1.165) is 5.56 Å². The van der Waals surface area contributed by atoms with Crippen LogP contribution >= 0.6 is 0 Å². The summed E-state index contributed by atoms with van der Waals surface area (Å²) < 4.78 is 11.4. The van der Waals surface area contributed by atoms with E-state index in [2.05, 4.69) is 0 Å². The maximum absolute atomic E-state index is 12.3. The Hall–Kier alpha value is -2.77. The van der Waals surface area contributed by atoms with E-state index in [-0.39, 0.29) is 24.0 Å². The standard InChI is InChI=1S/C19H19NO6/c21-12-17-10-16(11-18(25-17)13-4-2-1-3-5-13)26-19(22)14-6-8-15(9-7-14)20(23)24/h1-9,16-18,21H,10-12H2/t16-,17+,18-/m1/s1. The maximum atomic E-state index is 12.3. The highest BCUT2D eigenvalue weighted by molar-refractivity contribution is 5.89. The molecule has 0 spiro atoms. The molecule has 1 N–H and O–H groups in total. The number of nitro groups is 1. The molecule has 3 atom stereocenters. The highest BCUT2D eigenvalue weighted by Crippen LogP contribution is 2.33. The number of aliphatic hydroxyl groups excluding tert-OH is 1. The average molecular weight is 357 g/mol. The van der Waals surface area contributed by atoms with Gasteiger partial charge in [-0.25, -0.2) is 4.79 Å². The molecule has 0 aliphatic carbocycles. The maximum Gasteiger partial charge on any atom is 0.338 e. The van der Waals surface area contributed by atoms with Gasteiger partial charge in [0.25, 0.3) is 5.69 Å². The molecule has 3 rings (SSSR count). The van der Waals surface area contributed by atoms with Crippen LogP contribution < -0.4 is 0 Å². The molecule has 2 aromatic carbocycles. The van der Waals surface area contributed by atoms with Gasteiger partial charge in [-0.1, -0.05) is 30.3 Å². The van der Waals surface area contributed by atoms with Crippen LogP contribution in [0.4, 0.5) is 5.69 Å². The lowest BCUT2D eigenvalue weighted by atomic mass is 9.96. The third kappa shape index (κ3) is 4.25. The number of rotatable bonds is 5. The second-order valence-corrected chi connectivity index (χ2v) is 6.14. The van der Waals surface area contributed by atoms with Crippen LogP contribution in [0.3, 0.4) is 0 Å². The summed E-state index contributed by atoms with van der Waals surface area (Å²) in [6, 6.07) is 14.9. The topological polar surface area (TPSA) is 98.9 Å². The van der Waals surface area contributed by atoms with Crippen LogP contribution in [0.5, 0.6) is 0 Å². The molecule has 0 unspecified atom stereocenters. The van der Waals surface area contributed by atoms with Crippen molar-refractivity contribution in [3.05, 3.63) is 75.8 Å². The molecule has 1 aliphatic heterocycles. The number of aliphatic hydroxyl groups is 1. The Morgan fingerprint density at radius 3 is 2.46 bits per heavy atom. The molecule has 0 amide bonds. The number of ether oxygens (including phenoxy) is 2. The smallest absolute Gasteiger partial charge is 0.338 e. The normalized spacial score (nSPS) is 22.6. The quantitative estimate of drug-likeness (QED) is 0.502. The minimum absolute atomic E-state index is 0.0860. The first kappa shape index (κ1) is 18.0. The number of hydrogen-bond acceptors (Lipinski definition) is 6. The van der Waals surface area contributed by atoms with Crippen molar-refractivity contribution >= 4 is 11.7 Å². The number of hydrogen-bond donors (Lipinski definition) is 1. The lowest BCUT2D eigenvalue weighted by molar-refractivity contribution is -0.384. The predicted molar refractivity (Wildman–Crippen MR) is 92.7 cm³/mol. The van der Waals surface area contributed by atoms with Crippen molar-refractivity contribution in [2.24, 2.45) is 0 Å². The first-order valence-corrected chi connectivity index (χ1v) is 8.33. The molecule has 1 saturated heterocycles. The van der Waals surface area contributed by atoms with Crippen LogP contribution in [0.2, 0.25) is 0 Å². The van der Waals surface area contributed by atoms with Gasteiger partial charge in [-0.2, -0.15) is 0 Å². The summed E-state index contributed by atoms with van der Waals surface area (Å²) in [6.45, 7) is -0.158. The van der Waals surface area contributed by atoms with Gasteiger partial charge < -0.3 is 14.6 Å². The minimum Gasteiger partial charge on any atom is -0.459 e. The number of non-ortho nitro benzene ring substituents is 1. The molecule has 136 valence electrons. The molecule has 7 heteroatoms. The fourth-order valence-corrected chi connectivity index (χ4v) is 3.01. The number of nitro benzene ring substituents is 1. The highest BCUT2D eigenvalue weighted by atomic mass is 16.6. The van der Waals surface area contributed by atoms with Crippen LogP contribution in [0.1, 0.15) is 34.9 Å². The monoisotopic (exact) mass is 357 g/mol. The summed E-state index contributed by atoms with van der Waals surface area (Å²) in [7, 11) is 0. The average Bonchev–Trinajstić information content (AvgIpc) is 2.68. The molecule has 0 saturated carbocycles. The minimum atomic E-state index is -0.546. The van der Waals surface area contributed by atoms with Gasteiger partial charge in [0, 0.05) is 25.0 Å². The Morgan fingerprint density at radius 1 is 1.15 bits per heavy atom. The van der Waals surface area contributed by atoms with Gasteiger partial charge in [0.1, 0.15) is 6.10 Å². The third-order valence-electron chi connectivity index (χ3n) is 4.32. The van der Waals surface area contributed by atoms with Gasteiger partial charge >= 0.3 is 5.97 Å². The number of carbonyl (C=O) groups is 1. The SMILES string of the molecule is O=C(O[C@@H]1C[C@@H](CO)O[C@@H](c2ccccc2)C1)c1ccc([N+](=O)[O-])cc1. The molecule has 1 heterocycles. The van der Waals surface area contributed by atoms with Gasteiger partial charge in [0.15, 0.2) is 0 Å². The van der Waals surface area contributed by atoms with Gasteiger partial charge in [0.2, 0.25) is 0 Å². The summed E-state index contributed by atoms with van der Waals surface area (Å²) in [5.74, 6) is -0.546. The molecule has 0 aromatic heterocycles. The van der Waals surface area contributed by atoms with Crippen molar-refractivity contribution in [3.63, 3.8) is 0 Å². The van der Waals surface area contributed by atoms with Crippen LogP contribution in [0.15, 0.2) is 54.6 Å². The van der Waals surface area contributed by atoms with Crippen LogP contribution in [0, 0.1) is 10.1 Å². The van der Waals surface area contributed by atoms with Crippen molar-refractivity contribution in [2.75, 3.05) is 6.61 Å². The van der Waals surface area contributed by atoms with E-state index >= 15 is 0 Å². The zero-order valence-corrected chi connectivity index (χ0v) is 14.0. The fourth-order valence-electron chi connectivity index (χ4n) is 3.01. The van der Waals surface area contributed by atoms with E-state index in [9.17, 15) is 20.0 Å². The van der Waals surface area contributed by atoms with Crippen molar-refractivity contribution in [3.8, 4) is 0 Å². The van der Waals surface area contributed by atoms with Gasteiger partial charge in [-0.3, -0.25) is 10.1 Å². The number of benzene rings is 2. The highest BCUT2D eigenvalue weighted by Gasteiger charge is 2.32. The molecule has 0 radical (unpaired) electrons. The summed E-state index contributed by atoms with van der Waals surface area (Å²) in [6.07, 6.45) is -0.202. The summed E-state index contributed by atoms with van der Waals surface area (Å²) >= 11 is 0. The summed E-state index contributed by atoms with van der Waals surface area (Å²) in [5.41, 5.74) is 1.12. The van der Waals surface area contributed by atoms with E-state index in [1.807, 2.05) is 30.3 Å². The van der Waals surface area contributed by atoms with Gasteiger partial charge in [0.05, 0.1) is 29.3 Å². The molecule has 0 bridgehead atoms. The number of nitrogens with zero attached hydrogens (tertiary/aromatic N) is 1. The second-order valence-electron chi connectivity index (χ2n) is 6.14. The Morgan fingerprint density at radius 2 is 1.85 bits per heavy atom. The third-order valence-corrected chi connectivity index (χ3v) is 4.32. The number of esters is 1. The van der Waals surface area contributed by atoms with Gasteiger partial charge in [-0.15, -0.1) is 0 Å². The Labute approximate surface area is 150 Å². The van der Waals surface area contributed by atoms with Gasteiger partial charge in [-0.05, 0) is 17.7 Å². The number of carbonyl (C=O) groups excluding carboxylic acids is 1. The lowest BCUT2D eigenvalue weighted by Gasteiger charge is -2.34. The van der Waals surface area contributed by atoms with E-state index < -0.39 is 23.1 Å².